The van der Waals surface area contributed by atoms with E-state index >= 15 is 0 Å². The number of carbonyl (C=O) groups excluding carboxylic acids is 1. The summed E-state index contributed by atoms with van der Waals surface area (Å²) in [4.78, 5) is 15.4. The molecule has 0 radical (unpaired) electrons. The van der Waals surface area contributed by atoms with Crippen LogP contribution in [0.5, 0.6) is 0 Å². The van der Waals surface area contributed by atoms with Gasteiger partial charge in [0.05, 0.1) is 13.2 Å². The van der Waals surface area contributed by atoms with Gasteiger partial charge >= 0.3 is 0 Å². The van der Waals surface area contributed by atoms with E-state index in [4.69, 9.17) is 0 Å². The molecule has 1 aromatic carbocycles. The highest BCUT2D eigenvalue weighted by molar-refractivity contribution is 7.98. The minimum atomic E-state index is -0.0131. The largest absolute Gasteiger partial charge is 0.395 e. The van der Waals surface area contributed by atoms with Gasteiger partial charge in [-0.2, -0.15) is 0 Å². The van der Waals surface area contributed by atoms with Crippen molar-refractivity contribution in [3.63, 3.8) is 0 Å². The van der Waals surface area contributed by atoms with E-state index < -0.39 is 0 Å². The van der Waals surface area contributed by atoms with E-state index in [2.05, 4.69) is 17.1 Å². The number of anilines is 1. The Morgan fingerprint density at radius 2 is 2.33 bits per heavy atom. The topological polar surface area (TPSA) is 52.6 Å². The van der Waals surface area contributed by atoms with Gasteiger partial charge < -0.3 is 10.4 Å². The van der Waals surface area contributed by atoms with Crippen molar-refractivity contribution < 1.29 is 9.90 Å². The molecule has 0 aliphatic carbocycles. The van der Waals surface area contributed by atoms with Crippen LogP contribution in [0.15, 0.2) is 29.2 Å². The van der Waals surface area contributed by atoms with Gasteiger partial charge in [0, 0.05) is 16.6 Å². The second-order valence-corrected chi connectivity index (χ2v) is 6.50. The number of carbonyl (C=O) groups is 1. The zero-order valence-corrected chi connectivity index (χ0v) is 13.5. The molecule has 2 N–H and O–H groups in total. The Hall–Kier alpha value is -1.04. The van der Waals surface area contributed by atoms with E-state index in [1.54, 1.807) is 11.8 Å². The van der Waals surface area contributed by atoms with E-state index in [0.717, 1.165) is 30.0 Å². The number of benzene rings is 1. The van der Waals surface area contributed by atoms with Gasteiger partial charge in [0.2, 0.25) is 5.91 Å². The number of aliphatic hydroxyl groups is 1. The van der Waals surface area contributed by atoms with Crippen LogP contribution < -0.4 is 5.32 Å². The molecule has 1 saturated heterocycles. The van der Waals surface area contributed by atoms with Crippen LogP contribution in [0.4, 0.5) is 5.69 Å². The van der Waals surface area contributed by atoms with Crippen LogP contribution in [0.3, 0.4) is 0 Å². The normalized spacial score (nSPS) is 23.0. The van der Waals surface area contributed by atoms with Crippen molar-refractivity contribution in [2.24, 2.45) is 5.92 Å². The van der Waals surface area contributed by atoms with Crippen molar-refractivity contribution in [3.05, 3.63) is 24.3 Å². The molecular weight excluding hydrogens is 284 g/mol. The van der Waals surface area contributed by atoms with Gasteiger partial charge in [-0.25, -0.2) is 0 Å². The first-order chi connectivity index (χ1) is 10.1. The molecule has 2 rings (SSSR count). The fourth-order valence-corrected chi connectivity index (χ4v) is 3.37. The lowest BCUT2D eigenvalue weighted by molar-refractivity contribution is -0.118. The number of amides is 1. The van der Waals surface area contributed by atoms with Crippen molar-refractivity contribution in [1.82, 2.24) is 4.90 Å². The molecule has 2 unspecified atom stereocenters. The molecule has 1 aromatic rings. The van der Waals surface area contributed by atoms with Crippen LogP contribution in [-0.4, -0.2) is 47.9 Å². The SMILES string of the molecule is CSc1cccc(NC(=O)CN2CCCC(C)C2CO)c1. The Labute approximate surface area is 130 Å². The molecule has 0 aromatic heterocycles. The van der Waals surface area contributed by atoms with Crippen LogP contribution in [0, 0.1) is 5.92 Å². The quantitative estimate of drug-likeness (QED) is 0.820. The summed E-state index contributed by atoms with van der Waals surface area (Å²) >= 11 is 1.66. The number of hydrogen-bond donors (Lipinski definition) is 2. The molecule has 1 aliphatic heterocycles. The molecule has 0 saturated carbocycles. The molecule has 1 aliphatic rings. The molecular formula is C16H24N2O2S. The predicted molar refractivity (Wildman–Crippen MR) is 87.7 cm³/mol. The van der Waals surface area contributed by atoms with Crippen molar-refractivity contribution in [1.29, 1.82) is 0 Å². The lowest BCUT2D eigenvalue weighted by Gasteiger charge is -2.38. The van der Waals surface area contributed by atoms with Crippen LogP contribution in [0.2, 0.25) is 0 Å². The Morgan fingerprint density at radius 3 is 3.05 bits per heavy atom. The van der Waals surface area contributed by atoms with Crippen LogP contribution in [0.25, 0.3) is 0 Å². The first-order valence-electron chi connectivity index (χ1n) is 7.43. The van der Waals surface area contributed by atoms with Gasteiger partial charge in [-0.1, -0.05) is 13.0 Å². The molecule has 116 valence electrons. The second kappa shape index (κ2) is 7.82. The molecule has 21 heavy (non-hydrogen) atoms. The summed E-state index contributed by atoms with van der Waals surface area (Å²) < 4.78 is 0. The van der Waals surface area contributed by atoms with Gasteiger partial charge in [0.15, 0.2) is 0 Å². The van der Waals surface area contributed by atoms with Crippen molar-refractivity contribution in [2.75, 3.05) is 31.3 Å². The van der Waals surface area contributed by atoms with Crippen molar-refractivity contribution in [2.45, 2.75) is 30.7 Å². The van der Waals surface area contributed by atoms with E-state index in [1.165, 1.54) is 0 Å². The number of rotatable bonds is 5. The summed E-state index contributed by atoms with van der Waals surface area (Å²) in [6.45, 7) is 3.50. The minimum Gasteiger partial charge on any atom is -0.395 e. The zero-order valence-electron chi connectivity index (χ0n) is 12.7. The molecule has 0 spiro atoms. The highest BCUT2D eigenvalue weighted by Gasteiger charge is 2.29. The van der Waals surface area contributed by atoms with E-state index in [-0.39, 0.29) is 18.6 Å². The molecule has 2 atom stereocenters. The average molecular weight is 308 g/mol. The number of thioether (sulfide) groups is 1. The lowest BCUT2D eigenvalue weighted by atomic mass is 9.91. The molecule has 1 heterocycles. The highest BCUT2D eigenvalue weighted by atomic mass is 32.2. The van der Waals surface area contributed by atoms with Gasteiger partial charge in [0.1, 0.15) is 0 Å². The average Bonchev–Trinajstić information content (AvgIpc) is 2.47. The Kier molecular flexibility index (Phi) is 6.08. The fourth-order valence-electron chi connectivity index (χ4n) is 2.91. The minimum absolute atomic E-state index is 0.0131. The molecule has 1 fully saturated rings. The Bertz CT molecular complexity index is 481. The highest BCUT2D eigenvalue weighted by Crippen LogP contribution is 2.23. The van der Waals surface area contributed by atoms with Gasteiger partial charge in [-0.05, 0) is 49.8 Å². The number of likely N-dealkylation sites (tertiary alicyclic amines) is 1. The second-order valence-electron chi connectivity index (χ2n) is 5.62. The van der Waals surface area contributed by atoms with E-state index in [1.807, 2.05) is 30.5 Å². The Balaban J connectivity index is 1.94. The maximum Gasteiger partial charge on any atom is 0.238 e. The number of hydrogen-bond acceptors (Lipinski definition) is 4. The first-order valence-corrected chi connectivity index (χ1v) is 8.65. The molecule has 0 bridgehead atoms. The summed E-state index contributed by atoms with van der Waals surface area (Å²) in [6, 6.07) is 7.95. The maximum atomic E-state index is 12.2. The van der Waals surface area contributed by atoms with Gasteiger partial charge in [-0.15, -0.1) is 11.8 Å². The first kappa shape index (κ1) is 16.3. The van der Waals surface area contributed by atoms with Crippen LogP contribution in [-0.2, 0) is 4.79 Å². The van der Waals surface area contributed by atoms with Crippen LogP contribution in [0.1, 0.15) is 19.8 Å². The summed E-state index contributed by atoms with van der Waals surface area (Å²) in [5.41, 5.74) is 0.831. The zero-order chi connectivity index (χ0) is 15.2. The third kappa shape index (κ3) is 4.46. The number of piperidine rings is 1. The lowest BCUT2D eigenvalue weighted by Crippen LogP contribution is -2.49. The fraction of sp³-hybridized carbons (Fsp3) is 0.562. The summed E-state index contributed by atoms with van der Waals surface area (Å²) in [5.74, 6) is 0.428. The molecule has 1 amide bonds. The number of nitrogens with zero attached hydrogens (tertiary/aromatic N) is 1. The summed E-state index contributed by atoms with van der Waals surface area (Å²) in [7, 11) is 0. The van der Waals surface area contributed by atoms with Gasteiger partial charge in [-0.3, -0.25) is 9.69 Å². The van der Waals surface area contributed by atoms with Crippen molar-refractivity contribution >= 4 is 23.4 Å². The molecule has 4 nitrogen and oxygen atoms in total. The summed E-state index contributed by atoms with van der Waals surface area (Å²) in [5, 5.41) is 12.5. The maximum absolute atomic E-state index is 12.2. The smallest absolute Gasteiger partial charge is 0.238 e. The number of aliphatic hydroxyl groups excluding tert-OH is 1. The monoisotopic (exact) mass is 308 g/mol. The standard InChI is InChI=1S/C16H24N2O2S/c1-12-5-4-8-18(15(12)11-19)10-16(20)17-13-6-3-7-14(9-13)21-2/h3,6-7,9,12,15,19H,4-5,8,10-11H2,1-2H3,(H,17,20). The van der Waals surface area contributed by atoms with E-state index in [0.29, 0.717) is 12.5 Å². The third-order valence-corrected chi connectivity index (χ3v) is 4.84. The predicted octanol–water partition coefficient (Wildman–Crippen LogP) is 2.44. The van der Waals surface area contributed by atoms with Gasteiger partial charge in [0.25, 0.3) is 0 Å². The third-order valence-electron chi connectivity index (χ3n) is 4.12. The van der Waals surface area contributed by atoms with Crippen LogP contribution >= 0.6 is 11.8 Å². The Morgan fingerprint density at radius 1 is 1.52 bits per heavy atom. The number of nitrogens with one attached hydrogen (secondary N) is 1. The van der Waals surface area contributed by atoms with Crippen molar-refractivity contribution in [3.8, 4) is 0 Å². The summed E-state index contributed by atoms with van der Waals surface area (Å²) in [6.07, 6.45) is 4.23. The molecule has 5 heteroatoms. The van der Waals surface area contributed by atoms with E-state index in [9.17, 15) is 9.90 Å².